The summed E-state index contributed by atoms with van der Waals surface area (Å²) >= 11 is 0. The molecule has 71 heavy (non-hydrogen) atoms. The Morgan fingerprint density at radius 1 is 0.634 bits per heavy atom. The number of carbonyl (C=O) groups is 1. The quantitative estimate of drug-likeness (QED) is 0.148. The van der Waals surface area contributed by atoms with Gasteiger partial charge in [0.2, 0.25) is 26.0 Å². The molecule has 11 rings (SSSR count). The van der Waals surface area contributed by atoms with E-state index in [2.05, 4.69) is 39.6 Å². The van der Waals surface area contributed by atoms with Gasteiger partial charge in [-0.2, -0.15) is 0 Å². The number of nitrogens with one attached hydrogen (secondary N) is 3. The molecule has 7 aromatic rings. The van der Waals surface area contributed by atoms with Crippen molar-refractivity contribution >= 4 is 79.9 Å². The largest absolute Gasteiger partial charge is 0.338 e. The Labute approximate surface area is 411 Å². The number of carbonyl (C=O) groups excluding carboxylic acids is 1. The monoisotopic (exact) mass is 1050 g/mol. The van der Waals surface area contributed by atoms with Gasteiger partial charge in [0.1, 0.15) is 5.52 Å². The number of amides is 2. The molecule has 2 saturated heterocycles. The number of hydrogen-bond acceptors (Lipinski definition) is 14. The summed E-state index contributed by atoms with van der Waals surface area (Å²) in [6.07, 6.45) is 11.7. The summed E-state index contributed by atoms with van der Waals surface area (Å²) in [6.45, 7) is 8.58. The number of fused-ring (bicyclic) bond motifs is 4. The van der Waals surface area contributed by atoms with Crippen molar-refractivity contribution in [2.24, 2.45) is 0 Å². The highest BCUT2D eigenvalue weighted by Gasteiger charge is 2.42. The average Bonchev–Trinajstić information content (AvgIpc) is 4.15. The number of hydrogen-bond donors (Lipinski definition) is 3. The second-order valence-electron chi connectivity index (χ2n) is 19.0. The molecule has 5 aromatic heterocycles. The maximum absolute atomic E-state index is 13.3. The van der Waals surface area contributed by atoms with E-state index < -0.39 is 40.1 Å². The molecule has 4 fully saturated rings. The number of urea groups is 1. The first-order chi connectivity index (χ1) is 33.7. The van der Waals surface area contributed by atoms with Gasteiger partial charge in [0.25, 0.3) is 20.0 Å². The van der Waals surface area contributed by atoms with Crippen LogP contribution in [0.3, 0.4) is 0 Å². The Hall–Kier alpha value is -5.99. The first kappa shape index (κ1) is 48.6. The van der Waals surface area contributed by atoms with Crippen molar-refractivity contribution in [2.45, 2.75) is 117 Å². The Kier molecular flexibility index (Phi) is 12.5. The highest BCUT2D eigenvalue weighted by molar-refractivity contribution is 7.91. The summed E-state index contributed by atoms with van der Waals surface area (Å²) in [4.78, 5) is 34.6. The van der Waals surface area contributed by atoms with Gasteiger partial charge in [-0.05, 0) is 103 Å². The fraction of sp³-hybridized carbons (Fsp3) is 0.413. The molecule has 0 spiro atoms. The van der Waals surface area contributed by atoms with Crippen LogP contribution in [-0.4, -0.2) is 125 Å². The smallest absolute Gasteiger partial charge is 0.318 e. The Balaban J connectivity index is 0.000000164. The van der Waals surface area contributed by atoms with E-state index in [4.69, 9.17) is 0 Å². The highest BCUT2D eigenvalue weighted by atomic mass is 32.2. The van der Waals surface area contributed by atoms with Crippen LogP contribution in [0.2, 0.25) is 0 Å². The lowest BCUT2D eigenvalue weighted by atomic mass is 10.2. The predicted molar refractivity (Wildman–Crippen MR) is 266 cm³/mol. The standard InChI is InChI=1S/C23H28N6O5S2.C23H26N6O4S2/c1-15-3-5-20(6-4-15)36(33,34)29-10-9-21-22(29)24-12-18(26-21)13-25-23(30)28-14-17(11-16(28)2)27-35(31,32)19-7-8-19;1-15-3-5-20(6-4-15)35(32,33)28-10-9-21-22(28)24-12-18-13-25-23(29(18)21)27-14-17(11-16(27)2)26-34(30,31)19-7-8-19/h3-6,9-10,12,16-17,19,27H,7-8,11,13-14H2,1-2H3,(H,25,30);3-6,9-10,12-13,16-17,19,26H,7-8,11,14H2,1-2H3/t2*16-,17+/m11/s1. The van der Waals surface area contributed by atoms with Crippen LogP contribution in [0, 0.1) is 13.8 Å². The molecule has 2 aliphatic heterocycles. The number of rotatable bonds is 13. The number of sulfonamides is 2. The third-order valence-electron chi connectivity index (χ3n) is 13.4. The number of aryl methyl sites for hydroxylation is 2. The molecule has 0 unspecified atom stereocenters. The molecule has 7 heterocycles. The summed E-state index contributed by atoms with van der Waals surface area (Å²) in [6, 6.07) is 15.7. The van der Waals surface area contributed by atoms with Gasteiger partial charge in [0.15, 0.2) is 11.3 Å². The Morgan fingerprint density at radius 3 is 1.75 bits per heavy atom. The third kappa shape index (κ3) is 9.61. The first-order valence-corrected chi connectivity index (χ1v) is 29.3. The zero-order chi connectivity index (χ0) is 50.2. The summed E-state index contributed by atoms with van der Waals surface area (Å²) in [5, 5.41) is 2.24. The summed E-state index contributed by atoms with van der Waals surface area (Å²) in [5.74, 6) is 0.638. The van der Waals surface area contributed by atoms with E-state index in [1.165, 1.54) is 22.6 Å². The second kappa shape index (κ2) is 18.2. The number of benzene rings is 2. The van der Waals surface area contributed by atoms with Gasteiger partial charge in [-0.25, -0.2) is 75.8 Å². The van der Waals surface area contributed by atoms with E-state index in [9.17, 15) is 38.5 Å². The molecule has 2 amide bonds. The minimum Gasteiger partial charge on any atom is -0.338 e. The number of likely N-dealkylation sites (tertiary alicyclic amines) is 1. The molecule has 4 aliphatic rings. The van der Waals surface area contributed by atoms with E-state index in [-0.39, 0.29) is 62.7 Å². The Bertz CT molecular complexity index is 3650. The van der Waals surface area contributed by atoms with Crippen molar-refractivity contribution in [1.82, 2.24) is 51.9 Å². The van der Waals surface area contributed by atoms with E-state index >= 15 is 0 Å². The predicted octanol–water partition coefficient (Wildman–Crippen LogP) is 4.01. The normalized spacial score (nSPS) is 21.0. The van der Waals surface area contributed by atoms with Gasteiger partial charge < -0.3 is 15.1 Å². The van der Waals surface area contributed by atoms with Gasteiger partial charge in [0.05, 0.1) is 62.2 Å². The van der Waals surface area contributed by atoms with E-state index in [0.717, 1.165) is 33.5 Å². The van der Waals surface area contributed by atoms with Gasteiger partial charge in [0, 0.05) is 49.7 Å². The number of aromatic nitrogens is 7. The SMILES string of the molecule is Cc1ccc(S(=O)(=O)n2ccc3c2ncc2cnc(N4C[C@@H](NS(=O)(=O)C5CC5)C[C@H]4C)n23)cc1.Cc1ccc(S(=O)(=O)n2ccc3nc(CNC(=O)N4C[C@@H](NS(=O)(=O)C5CC5)C[C@H]4C)cnc32)cc1. The summed E-state index contributed by atoms with van der Waals surface area (Å²) in [7, 11) is -14.3. The van der Waals surface area contributed by atoms with Gasteiger partial charge in [-0.3, -0.25) is 4.40 Å². The van der Waals surface area contributed by atoms with Crippen molar-refractivity contribution < 1.29 is 38.5 Å². The minimum absolute atomic E-state index is 0.0501. The van der Waals surface area contributed by atoms with E-state index in [1.807, 2.05) is 32.1 Å². The lowest BCUT2D eigenvalue weighted by Crippen LogP contribution is -2.44. The fourth-order valence-corrected chi connectivity index (χ4v) is 15.0. The molecule has 4 atom stereocenters. The van der Waals surface area contributed by atoms with Crippen LogP contribution in [0.15, 0.2) is 101 Å². The molecule has 2 aromatic carbocycles. The first-order valence-electron chi connectivity index (χ1n) is 23.3. The van der Waals surface area contributed by atoms with Crippen molar-refractivity contribution in [3.8, 4) is 0 Å². The van der Waals surface area contributed by atoms with E-state index in [1.54, 1.807) is 78.0 Å². The lowest BCUT2D eigenvalue weighted by molar-refractivity contribution is 0.195. The van der Waals surface area contributed by atoms with Crippen molar-refractivity contribution in [3.63, 3.8) is 0 Å². The lowest BCUT2D eigenvalue weighted by Gasteiger charge is -2.22. The van der Waals surface area contributed by atoms with Gasteiger partial charge >= 0.3 is 6.03 Å². The topological polar surface area (TPSA) is 262 Å². The molecular weight excluding hydrogens is 993 g/mol. The second-order valence-corrected chi connectivity index (χ2v) is 26.6. The molecule has 376 valence electrons. The molecule has 2 aliphatic carbocycles. The molecule has 0 bridgehead atoms. The van der Waals surface area contributed by atoms with Crippen LogP contribution in [0.1, 0.15) is 69.2 Å². The number of nitrogens with zero attached hydrogens (tertiary/aromatic N) is 9. The third-order valence-corrected chi connectivity index (χ3v) is 20.8. The molecular formula is C46H54N12O9S4. The molecule has 21 nitrogen and oxygen atoms in total. The average molecular weight is 1050 g/mol. The summed E-state index contributed by atoms with van der Waals surface area (Å²) < 4.78 is 112. The van der Waals surface area contributed by atoms with Crippen LogP contribution in [-0.2, 0) is 46.6 Å². The highest BCUT2D eigenvalue weighted by Crippen LogP contribution is 2.33. The molecule has 0 radical (unpaired) electrons. The van der Waals surface area contributed by atoms with Crippen molar-refractivity contribution in [1.29, 1.82) is 0 Å². The van der Waals surface area contributed by atoms with Crippen LogP contribution in [0.5, 0.6) is 0 Å². The zero-order valence-corrected chi connectivity index (χ0v) is 42.6. The summed E-state index contributed by atoms with van der Waals surface area (Å²) in [5.41, 5.74) is 4.63. The zero-order valence-electron chi connectivity index (χ0n) is 39.3. The van der Waals surface area contributed by atoms with Crippen LogP contribution < -0.4 is 19.7 Å². The molecule has 25 heteroatoms. The van der Waals surface area contributed by atoms with Gasteiger partial charge in [-0.15, -0.1) is 0 Å². The minimum atomic E-state index is -3.83. The van der Waals surface area contributed by atoms with Crippen molar-refractivity contribution in [2.75, 3.05) is 18.0 Å². The maximum Gasteiger partial charge on any atom is 0.318 e. The van der Waals surface area contributed by atoms with Crippen LogP contribution in [0.25, 0.3) is 27.8 Å². The van der Waals surface area contributed by atoms with Gasteiger partial charge in [-0.1, -0.05) is 35.4 Å². The van der Waals surface area contributed by atoms with E-state index in [0.29, 0.717) is 67.1 Å². The maximum atomic E-state index is 13.3. The number of imidazole rings is 1. The van der Waals surface area contributed by atoms with Crippen LogP contribution >= 0.6 is 0 Å². The molecule has 3 N–H and O–H groups in total. The van der Waals surface area contributed by atoms with Crippen molar-refractivity contribution in [3.05, 3.63) is 108 Å². The fourth-order valence-electron chi connectivity index (χ4n) is 9.24. The number of anilines is 1. The Morgan fingerprint density at radius 2 is 1.15 bits per heavy atom. The molecule has 2 saturated carbocycles. The van der Waals surface area contributed by atoms with Crippen LogP contribution in [0.4, 0.5) is 10.7 Å².